The maximum absolute atomic E-state index is 6.30. The molecule has 2 aliphatic rings. The first kappa shape index (κ1) is 17.7. The van der Waals surface area contributed by atoms with E-state index in [1.54, 1.807) is 14.2 Å². The van der Waals surface area contributed by atoms with E-state index in [1.807, 2.05) is 24.3 Å². The summed E-state index contributed by atoms with van der Waals surface area (Å²) in [6, 6.07) is 14.5. The molecular weight excluding hydrogens is 340 g/mol. The van der Waals surface area contributed by atoms with Crippen LogP contribution in [0, 0.1) is 5.92 Å². The quantitative estimate of drug-likeness (QED) is 0.774. The van der Waals surface area contributed by atoms with Gasteiger partial charge in [-0.15, -0.1) is 0 Å². The predicted octanol–water partition coefficient (Wildman–Crippen LogP) is 4.62. The average molecular weight is 366 g/mol. The van der Waals surface area contributed by atoms with Crippen molar-refractivity contribution >= 4 is 5.71 Å². The first-order chi connectivity index (χ1) is 13.1. The Morgan fingerprint density at radius 2 is 1.89 bits per heavy atom. The Morgan fingerprint density at radius 3 is 2.63 bits per heavy atom. The Labute approximate surface area is 160 Å². The highest BCUT2D eigenvalue weighted by Crippen LogP contribution is 2.44. The lowest BCUT2D eigenvalue weighted by Gasteiger charge is -2.38. The fourth-order valence-electron chi connectivity index (χ4n) is 3.86. The van der Waals surface area contributed by atoms with Crippen LogP contribution in [0.4, 0.5) is 0 Å². The minimum absolute atomic E-state index is 0.0393. The molecule has 0 aliphatic carbocycles. The van der Waals surface area contributed by atoms with Crippen LogP contribution in [-0.2, 0) is 0 Å². The largest absolute Gasteiger partial charge is 0.493 e. The molecule has 0 aromatic heterocycles. The zero-order chi connectivity index (χ0) is 19.0. The second kappa shape index (κ2) is 7.14. The second-order valence-corrected chi connectivity index (χ2v) is 7.46. The third-order valence-electron chi connectivity index (χ3n) is 5.17. The van der Waals surface area contributed by atoms with Crippen LogP contribution < -0.4 is 14.2 Å². The molecule has 0 fully saturated rings. The monoisotopic (exact) mass is 366 g/mol. The standard InChI is InChI=1S/C22H26N2O3/c1-14(2)11-22-24-18(16-7-5-6-8-19(16)27-22)13-17(23-24)15-9-10-20(25-3)21(12-15)26-4/h5-10,12,14,18,22H,11,13H2,1-4H3. The van der Waals surface area contributed by atoms with Gasteiger partial charge >= 0.3 is 0 Å². The molecule has 5 nitrogen and oxygen atoms in total. The number of nitrogens with zero attached hydrogens (tertiary/aromatic N) is 2. The van der Waals surface area contributed by atoms with E-state index in [9.17, 15) is 0 Å². The summed E-state index contributed by atoms with van der Waals surface area (Å²) in [7, 11) is 3.31. The highest BCUT2D eigenvalue weighted by molar-refractivity contribution is 6.02. The molecule has 2 heterocycles. The number of methoxy groups -OCH3 is 2. The molecule has 2 aromatic carbocycles. The Balaban J connectivity index is 1.70. The molecule has 0 bridgehead atoms. The second-order valence-electron chi connectivity index (χ2n) is 7.46. The van der Waals surface area contributed by atoms with Crippen LogP contribution in [0.1, 0.15) is 43.9 Å². The molecule has 2 unspecified atom stereocenters. The smallest absolute Gasteiger partial charge is 0.188 e. The third-order valence-corrected chi connectivity index (χ3v) is 5.17. The topological polar surface area (TPSA) is 43.3 Å². The van der Waals surface area contributed by atoms with Gasteiger partial charge in [0.1, 0.15) is 5.75 Å². The Morgan fingerprint density at radius 1 is 1.11 bits per heavy atom. The number of ether oxygens (including phenoxy) is 3. The predicted molar refractivity (Wildman–Crippen MR) is 106 cm³/mol. The minimum Gasteiger partial charge on any atom is -0.493 e. The first-order valence-electron chi connectivity index (χ1n) is 9.44. The average Bonchev–Trinajstić information content (AvgIpc) is 3.13. The van der Waals surface area contributed by atoms with E-state index in [1.165, 1.54) is 5.56 Å². The van der Waals surface area contributed by atoms with Crippen LogP contribution in [0.2, 0.25) is 0 Å². The van der Waals surface area contributed by atoms with Crippen molar-refractivity contribution in [2.75, 3.05) is 14.2 Å². The van der Waals surface area contributed by atoms with Crippen molar-refractivity contribution in [1.29, 1.82) is 0 Å². The number of hydrogen-bond donors (Lipinski definition) is 0. The van der Waals surface area contributed by atoms with Gasteiger partial charge in [-0.2, -0.15) is 5.10 Å². The van der Waals surface area contributed by atoms with Gasteiger partial charge in [0.15, 0.2) is 17.7 Å². The van der Waals surface area contributed by atoms with E-state index in [-0.39, 0.29) is 12.3 Å². The molecule has 27 heavy (non-hydrogen) atoms. The number of fused-ring (bicyclic) bond motifs is 3. The molecule has 5 heteroatoms. The van der Waals surface area contributed by atoms with Gasteiger partial charge < -0.3 is 14.2 Å². The van der Waals surface area contributed by atoms with Crippen molar-refractivity contribution in [3.8, 4) is 17.2 Å². The SMILES string of the molecule is COc1ccc(C2=NN3C(CC(C)C)Oc4ccccc4C3C2)cc1OC. The number of hydrazone groups is 1. The third kappa shape index (κ3) is 3.22. The van der Waals surface area contributed by atoms with E-state index in [0.29, 0.717) is 5.92 Å². The van der Waals surface area contributed by atoms with Crippen LogP contribution in [0.5, 0.6) is 17.2 Å². The number of benzene rings is 2. The summed E-state index contributed by atoms with van der Waals surface area (Å²) in [5.41, 5.74) is 3.31. The molecule has 0 spiro atoms. The van der Waals surface area contributed by atoms with Crippen LogP contribution in [0.25, 0.3) is 0 Å². The number of hydrogen-bond acceptors (Lipinski definition) is 5. The lowest BCUT2D eigenvalue weighted by molar-refractivity contribution is -0.0291. The Hall–Kier alpha value is -2.69. The van der Waals surface area contributed by atoms with Crippen molar-refractivity contribution in [2.24, 2.45) is 11.0 Å². The fraction of sp³-hybridized carbons (Fsp3) is 0.409. The summed E-state index contributed by atoms with van der Waals surface area (Å²) in [4.78, 5) is 0. The molecule has 142 valence electrons. The van der Waals surface area contributed by atoms with Crippen molar-refractivity contribution in [1.82, 2.24) is 5.01 Å². The van der Waals surface area contributed by atoms with Crippen molar-refractivity contribution in [3.05, 3.63) is 53.6 Å². The van der Waals surface area contributed by atoms with Crippen LogP contribution in [-0.4, -0.2) is 31.2 Å². The maximum Gasteiger partial charge on any atom is 0.188 e. The van der Waals surface area contributed by atoms with Gasteiger partial charge in [-0.25, -0.2) is 0 Å². The van der Waals surface area contributed by atoms with Gasteiger partial charge in [0.05, 0.1) is 26.0 Å². The van der Waals surface area contributed by atoms with Crippen LogP contribution >= 0.6 is 0 Å². The Bertz CT molecular complexity index is 862. The summed E-state index contributed by atoms with van der Waals surface area (Å²) >= 11 is 0. The molecule has 0 radical (unpaired) electrons. The normalized spacial score (nSPS) is 20.6. The van der Waals surface area contributed by atoms with Crippen LogP contribution in [0.3, 0.4) is 0 Å². The first-order valence-corrected chi connectivity index (χ1v) is 9.44. The summed E-state index contributed by atoms with van der Waals surface area (Å²) < 4.78 is 17.1. The van der Waals surface area contributed by atoms with E-state index in [2.05, 4.69) is 37.1 Å². The molecule has 2 aliphatic heterocycles. The van der Waals surface area contributed by atoms with Gasteiger partial charge in [0.2, 0.25) is 0 Å². The fourth-order valence-corrected chi connectivity index (χ4v) is 3.86. The highest BCUT2D eigenvalue weighted by Gasteiger charge is 2.40. The van der Waals surface area contributed by atoms with Gasteiger partial charge in [-0.3, -0.25) is 5.01 Å². The van der Waals surface area contributed by atoms with E-state index in [4.69, 9.17) is 19.3 Å². The zero-order valence-electron chi connectivity index (χ0n) is 16.3. The molecular formula is C22H26N2O3. The van der Waals surface area contributed by atoms with E-state index >= 15 is 0 Å². The number of para-hydroxylation sites is 1. The lowest BCUT2D eigenvalue weighted by Crippen LogP contribution is -2.41. The maximum atomic E-state index is 6.30. The molecule has 0 N–H and O–H groups in total. The van der Waals surface area contributed by atoms with Crippen molar-refractivity contribution in [3.63, 3.8) is 0 Å². The minimum atomic E-state index is -0.0393. The molecule has 2 aromatic rings. The van der Waals surface area contributed by atoms with Gasteiger partial charge in [-0.1, -0.05) is 32.0 Å². The summed E-state index contributed by atoms with van der Waals surface area (Å²) in [5.74, 6) is 2.95. The highest BCUT2D eigenvalue weighted by atomic mass is 16.5. The summed E-state index contributed by atoms with van der Waals surface area (Å²) in [6.07, 6.45) is 1.75. The van der Waals surface area contributed by atoms with Gasteiger partial charge in [0.25, 0.3) is 0 Å². The molecule has 2 atom stereocenters. The molecule has 4 rings (SSSR count). The molecule has 0 saturated carbocycles. The van der Waals surface area contributed by atoms with Crippen molar-refractivity contribution in [2.45, 2.75) is 39.0 Å². The Kier molecular flexibility index (Phi) is 4.68. The zero-order valence-corrected chi connectivity index (χ0v) is 16.3. The summed E-state index contributed by atoms with van der Waals surface area (Å²) in [5, 5.41) is 7.12. The van der Waals surface area contributed by atoms with Crippen molar-refractivity contribution < 1.29 is 14.2 Å². The van der Waals surface area contributed by atoms with E-state index < -0.39 is 0 Å². The molecule has 0 saturated heterocycles. The lowest BCUT2D eigenvalue weighted by atomic mass is 9.95. The van der Waals surface area contributed by atoms with E-state index in [0.717, 1.165) is 41.4 Å². The van der Waals surface area contributed by atoms with Crippen LogP contribution in [0.15, 0.2) is 47.6 Å². The van der Waals surface area contributed by atoms with Gasteiger partial charge in [0, 0.05) is 24.0 Å². The summed E-state index contributed by atoms with van der Waals surface area (Å²) in [6.45, 7) is 4.43. The van der Waals surface area contributed by atoms with Gasteiger partial charge in [-0.05, 0) is 30.2 Å². The molecule has 0 amide bonds. The number of rotatable bonds is 5.